The summed E-state index contributed by atoms with van der Waals surface area (Å²) in [6.45, 7) is 5.18. The minimum absolute atomic E-state index is 0.287. The Balaban J connectivity index is 3.52. The monoisotopic (exact) mass is 207 g/mol. The predicted molar refractivity (Wildman–Crippen MR) is 56.5 cm³/mol. The Hall–Kier alpha value is -1.56. The number of aryl methyl sites for hydroxylation is 1. The lowest BCUT2D eigenvalue weighted by atomic mass is 9.94. The molecule has 2 nitrogen and oxygen atoms in total. The number of hydrogen-bond donors (Lipinski definition) is 0. The van der Waals surface area contributed by atoms with Crippen LogP contribution in [0.4, 0.5) is 4.39 Å². The Kier molecular flexibility index (Phi) is 3.31. The third kappa shape index (κ3) is 1.94. The maximum atomic E-state index is 13.5. The molecule has 1 atom stereocenters. The molecule has 0 aliphatic heterocycles. The molecule has 0 saturated carbocycles. The van der Waals surface area contributed by atoms with Gasteiger partial charge in [0.2, 0.25) is 0 Å². The van der Waals surface area contributed by atoms with E-state index in [0.717, 1.165) is 5.56 Å². The molecule has 0 spiro atoms. The zero-order valence-electron chi connectivity index (χ0n) is 9.39. The normalized spacial score (nSPS) is 12.0. The van der Waals surface area contributed by atoms with Crippen molar-refractivity contribution in [1.29, 1.82) is 5.26 Å². The molecule has 0 radical (unpaired) electrons. The lowest BCUT2D eigenvalue weighted by molar-refractivity contribution is 0.403. The first-order chi connectivity index (χ1) is 7.02. The minimum atomic E-state index is -0.366. The summed E-state index contributed by atoms with van der Waals surface area (Å²) in [6.07, 6.45) is 0. The van der Waals surface area contributed by atoms with E-state index in [2.05, 4.69) is 6.07 Å². The number of halogens is 1. The Morgan fingerprint density at radius 1 is 1.47 bits per heavy atom. The van der Waals surface area contributed by atoms with Gasteiger partial charge in [-0.2, -0.15) is 5.26 Å². The number of nitriles is 1. The molecule has 0 aliphatic rings. The van der Waals surface area contributed by atoms with E-state index in [9.17, 15) is 4.39 Å². The van der Waals surface area contributed by atoms with E-state index in [4.69, 9.17) is 10.00 Å². The highest BCUT2D eigenvalue weighted by Gasteiger charge is 2.18. The fourth-order valence-electron chi connectivity index (χ4n) is 1.73. The quantitative estimate of drug-likeness (QED) is 0.746. The summed E-state index contributed by atoms with van der Waals surface area (Å²) < 4.78 is 18.7. The van der Waals surface area contributed by atoms with Crippen LogP contribution in [0.1, 0.15) is 29.5 Å². The van der Waals surface area contributed by atoms with Crippen molar-refractivity contribution in [2.45, 2.75) is 26.7 Å². The van der Waals surface area contributed by atoms with Gasteiger partial charge in [0.05, 0.1) is 19.1 Å². The van der Waals surface area contributed by atoms with Crippen molar-refractivity contribution < 1.29 is 9.13 Å². The standard InChI is InChI=1S/C12H14FNO/c1-7-5-10(13)9(3)11(8(2)6-14)12(7)15-4/h5,8H,1-4H3. The number of nitrogens with zero attached hydrogens (tertiary/aromatic N) is 1. The number of ether oxygens (including phenoxy) is 1. The van der Waals surface area contributed by atoms with Crippen LogP contribution in [0.5, 0.6) is 5.75 Å². The van der Waals surface area contributed by atoms with Crippen LogP contribution in [0.2, 0.25) is 0 Å². The molecule has 0 bridgehead atoms. The Bertz CT molecular complexity index is 421. The van der Waals surface area contributed by atoms with Crippen LogP contribution in [0.25, 0.3) is 0 Å². The van der Waals surface area contributed by atoms with Crippen LogP contribution in [0, 0.1) is 31.0 Å². The molecule has 3 heteroatoms. The molecule has 80 valence electrons. The zero-order chi connectivity index (χ0) is 11.6. The molecule has 0 amide bonds. The molecule has 0 aliphatic carbocycles. The average molecular weight is 207 g/mol. The van der Waals surface area contributed by atoms with Crippen molar-refractivity contribution >= 4 is 0 Å². The molecule has 0 N–H and O–H groups in total. The van der Waals surface area contributed by atoms with Gasteiger partial charge < -0.3 is 4.74 Å². The van der Waals surface area contributed by atoms with E-state index >= 15 is 0 Å². The Morgan fingerprint density at radius 2 is 2.07 bits per heavy atom. The first-order valence-corrected chi connectivity index (χ1v) is 4.76. The molecule has 1 aromatic rings. The summed E-state index contributed by atoms with van der Waals surface area (Å²) in [5.41, 5.74) is 1.86. The van der Waals surface area contributed by atoms with Gasteiger partial charge in [0, 0.05) is 5.56 Å². The smallest absolute Gasteiger partial charge is 0.126 e. The molecular weight excluding hydrogens is 193 g/mol. The number of rotatable bonds is 2. The Labute approximate surface area is 89.3 Å². The SMILES string of the molecule is COc1c(C)cc(F)c(C)c1C(C)C#N. The second-order valence-electron chi connectivity index (χ2n) is 3.60. The van der Waals surface area contributed by atoms with Gasteiger partial charge >= 0.3 is 0 Å². The topological polar surface area (TPSA) is 33.0 Å². The summed E-state index contributed by atoms with van der Waals surface area (Å²) in [7, 11) is 1.53. The van der Waals surface area contributed by atoms with Crippen LogP contribution in [0.15, 0.2) is 6.07 Å². The third-order valence-electron chi connectivity index (χ3n) is 2.54. The summed E-state index contributed by atoms with van der Waals surface area (Å²) in [5.74, 6) is -0.0392. The van der Waals surface area contributed by atoms with Crippen molar-refractivity contribution in [3.8, 4) is 11.8 Å². The van der Waals surface area contributed by atoms with E-state index in [0.29, 0.717) is 16.9 Å². The van der Waals surface area contributed by atoms with Gasteiger partial charge in [-0.15, -0.1) is 0 Å². The van der Waals surface area contributed by atoms with E-state index in [1.807, 2.05) is 0 Å². The highest BCUT2D eigenvalue weighted by molar-refractivity contribution is 5.49. The van der Waals surface area contributed by atoms with Gasteiger partial charge in [0.15, 0.2) is 0 Å². The van der Waals surface area contributed by atoms with Gasteiger partial charge in [-0.3, -0.25) is 0 Å². The summed E-state index contributed by atoms with van der Waals surface area (Å²) in [4.78, 5) is 0. The molecule has 1 aromatic carbocycles. The number of hydrogen-bond acceptors (Lipinski definition) is 2. The van der Waals surface area contributed by atoms with E-state index in [-0.39, 0.29) is 11.7 Å². The van der Waals surface area contributed by atoms with Crippen LogP contribution in [0.3, 0.4) is 0 Å². The second-order valence-corrected chi connectivity index (χ2v) is 3.60. The Morgan fingerprint density at radius 3 is 2.53 bits per heavy atom. The van der Waals surface area contributed by atoms with Gasteiger partial charge in [-0.25, -0.2) is 4.39 Å². The summed E-state index contributed by atoms with van der Waals surface area (Å²) >= 11 is 0. The highest BCUT2D eigenvalue weighted by atomic mass is 19.1. The lowest BCUT2D eigenvalue weighted by Crippen LogP contribution is -2.03. The molecule has 1 unspecified atom stereocenters. The van der Waals surface area contributed by atoms with E-state index < -0.39 is 0 Å². The third-order valence-corrected chi connectivity index (χ3v) is 2.54. The summed E-state index contributed by atoms with van der Waals surface area (Å²) in [5, 5.41) is 8.89. The van der Waals surface area contributed by atoms with E-state index in [1.165, 1.54) is 13.2 Å². The summed E-state index contributed by atoms with van der Waals surface area (Å²) in [6, 6.07) is 3.54. The molecule has 15 heavy (non-hydrogen) atoms. The molecule has 0 saturated heterocycles. The number of methoxy groups -OCH3 is 1. The van der Waals surface area contributed by atoms with Crippen LogP contribution in [-0.4, -0.2) is 7.11 Å². The minimum Gasteiger partial charge on any atom is -0.496 e. The molecule has 1 rings (SSSR count). The lowest BCUT2D eigenvalue weighted by Gasteiger charge is -2.16. The maximum Gasteiger partial charge on any atom is 0.126 e. The highest BCUT2D eigenvalue weighted by Crippen LogP contribution is 2.34. The fourth-order valence-corrected chi connectivity index (χ4v) is 1.73. The van der Waals surface area contributed by atoms with Crippen molar-refractivity contribution in [2.75, 3.05) is 7.11 Å². The van der Waals surface area contributed by atoms with Crippen molar-refractivity contribution in [3.05, 3.63) is 28.6 Å². The average Bonchev–Trinajstić information content (AvgIpc) is 2.21. The van der Waals surface area contributed by atoms with Crippen molar-refractivity contribution in [1.82, 2.24) is 0 Å². The van der Waals surface area contributed by atoms with Crippen LogP contribution >= 0.6 is 0 Å². The van der Waals surface area contributed by atoms with Crippen molar-refractivity contribution in [2.24, 2.45) is 0 Å². The van der Waals surface area contributed by atoms with Crippen molar-refractivity contribution in [3.63, 3.8) is 0 Å². The van der Waals surface area contributed by atoms with Crippen LogP contribution < -0.4 is 4.74 Å². The largest absolute Gasteiger partial charge is 0.496 e. The fraction of sp³-hybridized carbons (Fsp3) is 0.417. The number of benzene rings is 1. The molecule has 0 fully saturated rings. The molecule has 0 aromatic heterocycles. The maximum absolute atomic E-state index is 13.5. The second kappa shape index (κ2) is 4.31. The first kappa shape index (κ1) is 11.5. The predicted octanol–water partition coefficient (Wildman–Crippen LogP) is 3.08. The van der Waals surface area contributed by atoms with Crippen LogP contribution in [-0.2, 0) is 0 Å². The molecule has 0 heterocycles. The zero-order valence-corrected chi connectivity index (χ0v) is 9.39. The van der Waals surface area contributed by atoms with Gasteiger partial charge in [0.25, 0.3) is 0 Å². The van der Waals surface area contributed by atoms with E-state index in [1.54, 1.807) is 20.8 Å². The van der Waals surface area contributed by atoms with Gasteiger partial charge in [-0.1, -0.05) is 0 Å². The molecular formula is C12H14FNO. The first-order valence-electron chi connectivity index (χ1n) is 4.76. The van der Waals surface area contributed by atoms with Gasteiger partial charge in [0.1, 0.15) is 11.6 Å². The van der Waals surface area contributed by atoms with Gasteiger partial charge in [-0.05, 0) is 38.0 Å².